The van der Waals surface area contributed by atoms with Crippen molar-refractivity contribution in [2.45, 2.75) is 56.0 Å². The Kier molecular flexibility index (Phi) is 6.56. The van der Waals surface area contributed by atoms with Crippen molar-refractivity contribution in [3.05, 3.63) is 30.1 Å². The summed E-state index contributed by atoms with van der Waals surface area (Å²) in [4.78, 5) is 0.263. The second kappa shape index (κ2) is 8.90. The molecule has 8 nitrogen and oxygen atoms in total. The summed E-state index contributed by atoms with van der Waals surface area (Å²) in [6, 6.07) is 6.75. The summed E-state index contributed by atoms with van der Waals surface area (Å²) in [6.45, 7) is 0.647. The van der Waals surface area contributed by atoms with Gasteiger partial charge in [0.2, 0.25) is 0 Å². The van der Waals surface area contributed by atoms with Gasteiger partial charge in [0.05, 0.1) is 17.1 Å². The van der Waals surface area contributed by atoms with Crippen molar-refractivity contribution in [2.75, 3.05) is 12.9 Å². The first kappa shape index (κ1) is 19.9. The molecule has 0 radical (unpaired) electrons. The minimum absolute atomic E-state index is 0.159. The van der Waals surface area contributed by atoms with E-state index in [1.54, 1.807) is 28.9 Å². The molecule has 2 aromatic rings. The zero-order valence-corrected chi connectivity index (χ0v) is 16.4. The van der Waals surface area contributed by atoms with Gasteiger partial charge in [0.1, 0.15) is 0 Å². The van der Waals surface area contributed by atoms with Crippen molar-refractivity contribution in [1.82, 2.24) is 25.5 Å². The highest BCUT2D eigenvalue weighted by Crippen LogP contribution is 2.28. The van der Waals surface area contributed by atoms with E-state index in [0.717, 1.165) is 6.42 Å². The van der Waals surface area contributed by atoms with Crippen LogP contribution in [0.5, 0.6) is 0 Å². The third-order valence-corrected chi connectivity index (χ3v) is 6.35. The van der Waals surface area contributed by atoms with Crippen LogP contribution >= 0.6 is 0 Å². The monoisotopic (exact) mass is 393 g/mol. The van der Waals surface area contributed by atoms with E-state index >= 15 is 0 Å². The summed E-state index contributed by atoms with van der Waals surface area (Å²) in [6.07, 6.45) is 8.07. The highest BCUT2D eigenvalue weighted by Gasteiger charge is 2.23. The molecule has 1 aliphatic carbocycles. The van der Waals surface area contributed by atoms with Crippen molar-refractivity contribution < 1.29 is 13.5 Å². The fraction of sp³-hybridized carbons (Fsp3) is 0.611. The Labute approximate surface area is 159 Å². The summed E-state index contributed by atoms with van der Waals surface area (Å²) in [5, 5.41) is 24.8. The Morgan fingerprint density at radius 1 is 1.22 bits per heavy atom. The number of hydrogen-bond acceptors (Lipinski definition) is 7. The molecule has 0 amide bonds. The van der Waals surface area contributed by atoms with Gasteiger partial charge in [-0.25, -0.2) is 8.42 Å². The molecule has 2 N–H and O–H groups in total. The van der Waals surface area contributed by atoms with Gasteiger partial charge in [-0.1, -0.05) is 19.3 Å². The summed E-state index contributed by atoms with van der Waals surface area (Å²) >= 11 is 0. The standard InChI is InChI=1S/C18H27N5O3S/c1-27(25,26)16-9-7-15(8-10-16)23-18(20-21-22-23)13-19-17(11-12-24)14-5-3-2-4-6-14/h7-10,14,17,19,24H,2-6,11-13H2,1H3. The minimum Gasteiger partial charge on any atom is -0.396 e. The van der Waals surface area contributed by atoms with Gasteiger partial charge in [-0.2, -0.15) is 4.68 Å². The Balaban J connectivity index is 1.70. The van der Waals surface area contributed by atoms with Crippen molar-refractivity contribution in [2.24, 2.45) is 5.92 Å². The zero-order chi connectivity index (χ0) is 19.3. The lowest BCUT2D eigenvalue weighted by molar-refractivity contribution is 0.204. The van der Waals surface area contributed by atoms with Crippen LogP contribution in [0.1, 0.15) is 44.3 Å². The molecule has 1 aliphatic rings. The first-order valence-corrected chi connectivity index (χ1v) is 11.3. The minimum atomic E-state index is -3.24. The molecule has 0 aliphatic heterocycles. The van der Waals surface area contributed by atoms with Crippen LogP contribution in [-0.2, 0) is 16.4 Å². The number of hydrogen-bond donors (Lipinski definition) is 2. The van der Waals surface area contributed by atoms with Crippen LogP contribution in [0.25, 0.3) is 5.69 Å². The average molecular weight is 394 g/mol. The van der Waals surface area contributed by atoms with E-state index in [4.69, 9.17) is 0 Å². The average Bonchev–Trinajstić information content (AvgIpc) is 3.14. The number of tetrazole rings is 1. The Morgan fingerprint density at radius 3 is 2.56 bits per heavy atom. The van der Waals surface area contributed by atoms with Crippen LogP contribution in [0, 0.1) is 5.92 Å². The van der Waals surface area contributed by atoms with E-state index in [9.17, 15) is 13.5 Å². The van der Waals surface area contributed by atoms with Crippen molar-refractivity contribution in [3.8, 4) is 5.69 Å². The van der Waals surface area contributed by atoms with E-state index in [0.29, 0.717) is 24.0 Å². The third-order valence-electron chi connectivity index (χ3n) is 5.22. The maximum absolute atomic E-state index is 11.6. The number of sulfone groups is 1. The molecular weight excluding hydrogens is 366 g/mol. The number of aliphatic hydroxyl groups is 1. The second-order valence-electron chi connectivity index (χ2n) is 7.17. The topological polar surface area (TPSA) is 110 Å². The number of aliphatic hydroxyl groups excluding tert-OH is 1. The number of nitrogens with zero attached hydrogens (tertiary/aromatic N) is 4. The Morgan fingerprint density at radius 2 is 1.93 bits per heavy atom. The van der Waals surface area contributed by atoms with Crippen LogP contribution in [0.2, 0.25) is 0 Å². The van der Waals surface area contributed by atoms with Gasteiger partial charge in [-0.3, -0.25) is 0 Å². The first-order valence-electron chi connectivity index (χ1n) is 9.41. The summed E-state index contributed by atoms with van der Waals surface area (Å²) < 4.78 is 24.8. The molecule has 1 atom stereocenters. The van der Waals surface area contributed by atoms with Crippen molar-refractivity contribution in [1.29, 1.82) is 0 Å². The first-order chi connectivity index (χ1) is 13.0. The number of benzene rings is 1. The molecule has 9 heteroatoms. The van der Waals surface area contributed by atoms with Crippen LogP contribution < -0.4 is 5.32 Å². The molecule has 1 unspecified atom stereocenters. The van der Waals surface area contributed by atoms with Gasteiger partial charge < -0.3 is 10.4 Å². The fourth-order valence-corrected chi connectivity index (χ4v) is 4.38. The molecule has 0 bridgehead atoms. The molecule has 27 heavy (non-hydrogen) atoms. The molecular formula is C18H27N5O3S. The lowest BCUT2D eigenvalue weighted by atomic mass is 9.83. The molecule has 1 aromatic heterocycles. The summed E-state index contributed by atoms with van der Waals surface area (Å²) in [5.41, 5.74) is 0.709. The van der Waals surface area contributed by atoms with Crippen LogP contribution in [-0.4, -0.2) is 52.6 Å². The summed E-state index contributed by atoms with van der Waals surface area (Å²) in [7, 11) is -3.24. The van der Waals surface area contributed by atoms with E-state index in [1.807, 2.05) is 0 Å². The molecule has 1 saturated carbocycles. The molecule has 0 saturated heterocycles. The molecule has 1 heterocycles. The maximum atomic E-state index is 11.6. The second-order valence-corrected chi connectivity index (χ2v) is 9.19. The van der Waals surface area contributed by atoms with E-state index in [2.05, 4.69) is 20.8 Å². The third kappa shape index (κ3) is 5.12. The Hall–Kier alpha value is -1.84. The van der Waals surface area contributed by atoms with E-state index in [-0.39, 0.29) is 17.5 Å². The van der Waals surface area contributed by atoms with Gasteiger partial charge in [-0.05, 0) is 59.9 Å². The van der Waals surface area contributed by atoms with Gasteiger partial charge in [-0.15, -0.1) is 5.10 Å². The van der Waals surface area contributed by atoms with E-state index in [1.165, 1.54) is 38.4 Å². The predicted molar refractivity (Wildman–Crippen MR) is 101 cm³/mol. The lowest BCUT2D eigenvalue weighted by Crippen LogP contribution is -2.38. The maximum Gasteiger partial charge on any atom is 0.175 e. The largest absolute Gasteiger partial charge is 0.396 e. The SMILES string of the molecule is CS(=O)(=O)c1ccc(-n2nnnc2CNC(CCO)C2CCCCC2)cc1. The molecule has 0 spiro atoms. The fourth-order valence-electron chi connectivity index (χ4n) is 3.75. The quantitative estimate of drug-likeness (QED) is 0.699. The molecule has 1 fully saturated rings. The zero-order valence-electron chi connectivity index (χ0n) is 15.6. The van der Waals surface area contributed by atoms with Crippen molar-refractivity contribution in [3.63, 3.8) is 0 Å². The van der Waals surface area contributed by atoms with Crippen LogP contribution in [0.15, 0.2) is 29.2 Å². The molecule has 3 rings (SSSR count). The molecule has 1 aromatic carbocycles. The van der Waals surface area contributed by atoms with Gasteiger partial charge >= 0.3 is 0 Å². The number of rotatable bonds is 8. The predicted octanol–water partition coefficient (Wildman–Crippen LogP) is 1.49. The lowest BCUT2D eigenvalue weighted by Gasteiger charge is -2.30. The number of nitrogens with one attached hydrogen (secondary N) is 1. The summed E-state index contributed by atoms with van der Waals surface area (Å²) in [5.74, 6) is 1.23. The van der Waals surface area contributed by atoms with Crippen LogP contribution in [0.3, 0.4) is 0 Å². The van der Waals surface area contributed by atoms with Gasteiger partial charge in [0.15, 0.2) is 15.7 Å². The normalized spacial score (nSPS) is 17.1. The van der Waals surface area contributed by atoms with Crippen molar-refractivity contribution >= 4 is 9.84 Å². The van der Waals surface area contributed by atoms with Gasteiger partial charge in [0.25, 0.3) is 0 Å². The van der Waals surface area contributed by atoms with Gasteiger partial charge in [0, 0.05) is 18.9 Å². The highest BCUT2D eigenvalue weighted by molar-refractivity contribution is 7.90. The smallest absolute Gasteiger partial charge is 0.175 e. The number of aromatic nitrogens is 4. The van der Waals surface area contributed by atoms with E-state index < -0.39 is 9.84 Å². The molecule has 148 valence electrons. The highest BCUT2D eigenvalue weighted by atomic mass is 32.2. The van der Waals surface area contributed by atoms with Crippen LogP contribution in [0.4, 0.5) is 0 Å². The Bertz CT molecular complexity index is 829.